The molecule has 1 amide bonds. The van der Waals surface area contributed by atoms with Gasteiger partial charge in [0.1, 0.15) is 5.41 Å². The van der Waals surface area contributed by atoms with E-state index in [0.717, 1.165) is 31.4 Å². The molecule has 0 unspecified atom stereocenters. The Morgan fingerprint density at radius 3 is 2.05 bits per heavy atom. The SMILES string of the molecule is CCCCC(CCCC)(C(=O)O)C(=O)NNc1ccccc1. The maximum atomic E-state index is 12.5. The highest BCUT2D eigenvalue weighted by atomic mass is 16.4. The number of nitrogens with one attached hydrogen (secondary N) is 2. The van der Waals surface area contributed by atoms with Crippen LogP contribution < -0.4 is 10.9 Å². The van der Waals surface area contributed by atoms with E-state index in [0.29, 0.717) is 12.8 Å². The molecule has 1 aromatic carbocycles. The molecule has 0 aliphatic rings. The molecule has 0 heterocycles. The second-order valence-electron chi connectivity index (χ2n) is 5.54. The number of anilines is 1. The van der Waals surface area contributed by atoms with E-state index in [4.69, 9.17) is 0 Å². The number of hydrazine groups is 1. The molecule has 1 rings (SSSR count). The predicted molar refractivity (Wildman–Crippen MR) is 87.3 cm³/mol. The van der Waals surface area contributed by atoms with Gasteiger partial charge in [-0.15, -0.1) is 0 Å². The van der Waals surface area contributed by atoms with Gasteiger partial charge in [0.25, 0.3) is 5.91 Å². The van der Waals surface area contributed by atoms with Crippen LogP contribution in [-0.2, 0) is 9.59 Å². The maximum absolute atomic E-state index is 12.5. The molecule has 0 bridgehead atoms. The molecule has 0 saturated carbocycles. The number of unbranched alkanes of at least 4 members (excludes halogenated alkanes) is 2. The predicted octanol–water partition coefficient (Wildman–Crippen LogP) is 3.58. The number of carbonyl (C=O) groups is 2. The van der Waals surface area contributed by atoms with Crippen LogP contribution in [-0.4, -0.2) is 17.0 Å². The van der Waals surface area contributed by atoms with Gasteiger partial charge in [0, 0.05) is 0 Å². The summed E-state index contributed by atoms with van der Waals surface area (Å²) >= 11 is 0. The average Bonchev–Trinajstić information content (AvgIpc) is 2.53. The Bertz CT molecular complexity index is 466. The Balaban J connectivity index is 2.82. The summed E-state index contributed by atoms with van der Waals surface area (Å²) in [5, 5.41) is 9.66. The van der Waals surface area contributed by atoms with Gasteiger partial charge in [0.15, 0.2) is 0 Å². The van der Waals surface area contributed by atoms with Crippen molar-refractivity contribution >= 4 is 17.6 Å². The van der Waals surface area contributed by atoms with Gasteiger partial charge in [0.2, 0.25) is 0 Å². The van der Waals surface area contributed by atoms with Gasteiger partial charge in [0.05, 0.1) is 5.69 Å². The van der Waals surface area contributed by atoms with E-state index in [-0.39, 0.29) is 0 Å². The number of hydrogen-bond donors (Lipinski definition) is 3. The molecule has 0 atom stereocenters. The van der Waals surface area contributed by atoms with Crippen molar-refractivity contribution in [2.75, 3.05) is 5.43 Å². The highest BCUT2D eigenvalue weighted by Crippen LogP contribution is 2.32. The minimum atomic E-state index is -1.35. The highest BCUT2D eigenvalue weighted by molar-refractivity contribution is 6.02. The van der Waals surface area contributed by atoms with E-state index in [2.05, 4.69) is 10.9 Å². The number of carboxylic acids is 1. The monoisotopic (exact) mass is 306 g/mol. The first-order chi connectivity index (χ1) is 10.6. The molecule has 122 valence electrons. The van der Waals surface area contributed by atoms with Crippen LogP contribution >= 0.6 is 0 Å². The van der Waals surface area contributed by atoms with Crippen molar-refractivity contribution in [3.05, 3.63) is 30.3 Å². The van der Waals surface area contributed by atoms with Crippen LogP contribution in [0.2, 0.25) is 0 Å². The lowest BCUT2D eigenvalue weighted by atomic mass is 9.77. The number of amides is 1. The third kappa shape index (κ3) is 4.76. The van der Waals surface area contributed by atoms with E-state index in [9.17, 15) is 14.7 Å². The molecule has 22 heavy (non-hydrogen) atoms. The van der Waals surface area contributed by atoms with Gasteiger partial charge < -0.3 is 5.11 Å². The van der Waals surface area contributed by atoms with Crippen LogP contribution in [0.25, 0.3) is 0 Å². The zero-order valence-corrected chi connectivity index (χ0v) is 13.4. The molecule has 1 aromatic rings. The first-order valence-corrected chi connectivity index (χ1v) is 7.91. The topological polar surface area (TPSA) is 78.4 Å². The molecule has 0 spiro atoms. The zero-order chi connectivity index (χ0) is 16.4. The van der Waals surface area contributed by atoms with Crippen molar-refractivity contribution in [1.82, 2.24) is 5.43 Å². The molecule has 0 aliphatic carbocycles. The van der Waals surface area contributed by atoms with Gasteiger partial charge in [-0.25, -0.2) is 0 Å². The second-order valence-corrected chi connectivity index (χ2v) is 5.54. The van der Waals surface area contributed by atoms with Crippen LogP contribution in [0.1, 0.15) is 52.4 Å². The standard InChI is InChI=1S/C17H26N2O3/c1-3-5-12-17(16(21)22,13-6-4-2)15(20)19-18-14-10-8-7-9-11-14/h7-11,18H,3-6,12-13H2,1-2H3,(H,19,20)(H,21,22). The highest BCUT2D eigenvalue weighted by Gasteiger charge is 2.44. The minimum Gasteiger partial charge on any atom is -0.480 e. The van der Waals surface area contributed by atoms with E-state index < -0.39 is 17.3 Å². The molecule has 0 radical (unpaired) electrons. The summed E-state index contributed by atoms with van der Waals surface area (Å²) in [5.74, 6) is -1.51. The quantitative estimate of drug-likeness (QED) is 0.456. The number of aliphatic carboxylic acids is 1. The van der Waals surface area contributed by atoms with E-state index in [1.54, 1.807) is 12.1 Å². The summed E-state index contributed by atoms with van der Waals surface area (Å²) in [5.41, 5.74) is 4.73. The number of benzene rings is 1. The van der Waals surface area contributed by atoms with Crippen molar-refractivity contribution in [1.29, 1.82) is 0 Å². The van der Waals surface area contributed by atoms with Gasteiger partial charge in [-0.05, 0) is 25.0 Å². The van der Waals surface area contributed by atoms with E-state index in [1.165, 1.54) is 0 Å². The van der Waals surface area contributed by atoms with Crippen LogP contribution in [0, 0.1) is 5.41 Å². The number of hydrogen-bond acceptors (Lipinski definition) is 3. The number of para-hydroxylation sites is 1. The summed E-state index contributed by atoms with van der Waals surface area (Å²) in [7, 11) is 0. The lowest BCUT2D eigenvalue weighted by Crippen LogP contribution is -2.48. The Morgan fingerprint density at radius 2 is 1.59 bits per heavy atom. The third-order valence-electron chi connectivity index (χ3n) is 3.85. The summed E-state index contributed by atoms with van der Waals surface area (Å²) in [4.78, 5) is 24.3. The largest absolute Gasteiger partial charge is 0.480 e. The molecular formula is C17H26N2O3. The van der Waals surface area contributed by atoms with E-state index in [1.807, 2.05) is 32.0 Å². The van der Waals surface area contributed by atoms with Gasteiger partial charge in [-0.3, -0.25) is 20.4 Å². The number of carbonyl (C=O) groups excluding carboxylic acids is 1. The van der Waals surface area contributed by atoms with Crippen molar-refractivity contribution in [3.8, 4) is 0 Å². The first kappa shape index (κ1) is 18.0. The van der Waals surface area contributed by atoms with Crippen molar-refractivity contribution in [2.24, 2.45) is 5.41 Å². The van der Waals surface area contributed by atoms with Crippen LogP contribution in [0.15, 0.2) is 30.3 Å². The Morgan fingerprint density at radius 1 is 1.05 bits per heavy atom. The van der Waals surface area contributed by atoms with Crippen molar-refractivity contribution < 1.29 is 14.7 Å². The fourth-order valence-electron chi connectivity index (χ4n) is 2.39. The second kappa shape index (κ2) is 9.07. The van der Waals surface area contributed by atoms with Gasteiger partial charge in [-0.2, -0.15) is 0 Å². The normalized spacial score (nSPS) is 11.0. The van der Waals surface area contributed by atoms with Crippen LogP contribution in [0.3, 0.4) is 0 Å². The van der Waals surface area contributed by atoms with E-state index >= 15 is 0 Å². The molecule has 0 aromatic heterocycles. The molecule has 0 fully saturated rings. The fourth-order valence-corrected chi connectivity index (χ4v) is 2.39. The lowest BCUT2D eigenvalue weighted by Gasteiger charge is -2.28. The summed E-state index contributed by atoms with van der Waals surface area (Å²) in [6.07, 6.45) is 3.88. The lowest BCUT2D eigenvalue weighted by molar-refractivity contribution is -0.157. The van der Waals surface area contributed by atoms with Crippen molar-refractivity contribution in [2.45, 2.75) is 52.4 Å². The minimum absolute atomic E-state index is 0.362. The summed E-state index contributed by atoms with van der Waals surface area (Å²) < 4.78 is 0. The fraction of sp³-hybridized carbons (Fsp3) is 0.529. The molecule has 5 nitrogen and oxygen atoms in total. The van der Waals surface area contributed by atoms with Crippen LogP contribution in [0.4, 0.5) is 5.69 Å². The molecule has 5 heteroatoms. The van der Waals surface area contributed by atoms with Gasteiger partial charge >= 0.3 is 5.97 Å². The average molecular weight is 306 g/mol. The molecular weight excluding hydrogens is 280 g/mol. The number of rotatable bonds is 10. The molecule has 0 saturated heterocycles. The summed E-state index contributed by atoms with van der Waals surface area (Å²) in [6.45, 7) is 3.99. The van der Waals surface area contributed by atoms with Crippen molar-refractivity contribution in [3.63, 3.8) is 0 Å². The smallest absolute Gasteiger partial charge is 0.319 e. The molecule has 0 aliphatic heterocycles. The first-order valence-electron chi connectivity index (χ1n) is 7.91. The maximum Gasteiger partial charge on any atom is 0.319 e. The van der Waals surface area contributed by atoms with Gasteiger partial charge in [-0.1, -0.05) is 57.7 Å². The molecule has 3 N–H and O–H groups in total. The van der Waals surface area contributed by atoms with Crippen LogP contribution in [0.5, 0.6) is 0 Å². The zero-order valence-electron chi connectivity index (χ0n) is 13.4. The number of carboxylic acid groups (broad SMARTS) is 1. The third-order valence-corrected chi connectivity index (χ3v) is 3.85. The Hall–Kier alpha value is -2.04. The summed E-state index contributed by atoms with van der Waals surface area (Å²) in [6, 6.07) is 9.17. The Labute approximate surface area is 132 Å². The Kier molecular flexibility index (Phi) is 7.43.